The minimum atomic E-state index is -0.0993. The van der Waals surface area contributed by atoms with E-state index in [1.54, 1.807) is 7.11 Å². The molecule has 22 heavy (non-hydrogen) atoms. The lowest BCUT2D eigenvalue weighted by molar-refractivity contribution is -0.0582. The van der Waals surface area contributed by atoms with E-state index >= 15 is 0 Å². The average molecular weight is 428 g/mol. The third-order valence-electron chi connectivity index (χ3n) is 6.27. The van der Waals surface area contributed by atoms with Gasteiger partial charge in [-0.25, -0.2) is 0 Å². The number of alkyl halides is 2. The van der Waals surface area contributed by atoms with Gasteiger partial charge in [-0.05, 0) is 85.8 Å². The summed E-state index contributed by atoms with van der Waals surface area (Å²) in [6.07, 6.45) is 10.1. The number of hydrogen-bond donors (Lipinski definition) is 0. The predicted octanol–water partition coefficient (Wildman–Crippen LogP) is 6.24. The Labute approximate surface area is 150 Å². The Morgan fingerprint density at radius 1 is 1.00 bits per heavy atom. The highest BCUT2D eigenvalue weighted by Crippen LogP contribution is 2.64. The van der Waals surface area contributed by atoms with E-state index < -0.39 is 0 Å². The second-order valence-corrected chi connectivity index (χ2v) is 11.8. The Hall–Kier alpha value is -0.0200. The van der Waals surface area contributed by atoms with Crippen molar-refractivity contribution in [3.8, 4) is 5.75 Å². The van der Waals surface area contributed by atoms with E-state index in [4.69, 9.17) is 4.74 Å². The molecule has 0 radical (unpaired) electrons. The minimum absolute atomic E-state index is 0.0993. The van der Waals surface area contributed by atoms with E-state index in [1.165, 1.54) is 50.5 Å². The Morgan fingerprint density at radius 2 is 1.50 bits per heavy atom. The standard InChI is InChI=1S/C19H24Br2O/c1-22-17-4-2-16(3-5-17)19(20,21)12-18-9-13-6-14(10-18)8-15(7-13)11-18/h2-5,13-15H,6-12H2,1H3. The first-order valence-corrected chi connectivity index (χ1v) is 10.1. The molecule has 4 aliphatic rings. The molecule has 1 nitrogen and oxygen atoms in total. The molecule has 0 N–H and O–H groups in total. The SMILES string of the molecule is COc1ccc(C(Br)(Br)CC23CC4CC(CC(C4)C2)C3)cc1. The monoisotopic (exact) mass is 426 g/mol. The summed E-state index contributed by atoms with van der Waals surface area (Å²) in [6, 6.07) is 8.49. The summed E-state index contributed by atoms with van der Waals surface area (Å²) >= 11 is 8.01. The van der Waals surface area contributed by atoms with Crippen LogP contribution in [0, 0.1) is 23.2 Å². The fraction of sp³-hybridized carbons (Fsp3) is 0.684. The lowest BCUT2D eigenvalue weighted by atomic mass is 9.48. The van der Waals surface area contributed by atoms with E-state index in [9.17, 15) is 0 Å². The Bertz CT molecular complexity index is 514. The molecule has 4 aliphatic carbocycles. The normalized spacial score (nSPS) is 36.6. The predicted molar refractivity (Wildman–Crippen MR) is 97.7 cm³/mol. The van der Waals surface area contributed by atoms with Crippen LogP contribution in [-0.4, -0.2) is 7.11 Å². The van der Waals surface area contributed by atoms with E-state index in [-0.39, 0.29) is 3.23 Å². The number of halogens is 2. The topological polar surface area (TPSA) is 9.23 Å². The fourth-order valence-electron chi connectivity index (χ4n) is 5.91. The van der Waals surface area contributed by atoms with Crippen LogP contribution in [0.5, 0.6) is 5.75 Å². The van der Waals surface area contributed by atoms with E-state index in [2.05, 4.69) is 56.1 Å². The van der Waals surface area contributed by atoms with Crippen LogP contribution in [0.4, 0.5) is 0 Å². The van der Waals surface area contributed by atoms with Crippen molar-refractivity contribution < 1.29 is 4.74 Å². The molecular weight excluding hydrogens is 404 g/mol. The minimum Gasteiger partial charge on any atom is -0.497 e. The summed E-state index contributed by atoms with van der Waals surface area (Å²) < 4.78 is 5.19. The quantitative estimate of drug-likeness (QED) is 0.516. The van der Waals surface area contributed by atoms with Crippen molar-refractivity contribution in [2.75, 3.05) is 7.11 Å². The van der Waals surface area contributed by atoms with Crippen molar-refractivity contribution in [1.29, 1.82) is 0 Å². The molecule has 0 aromatic heterocycles. The molecule has 4 bridgehead atoms. The molecular formula is C19H24Br2O. The number of hydrogen-bond acceptors (Lipinski definition) is 1. The van der Waals surface area contributed by atoms with Gasteiger partial charge in [0.1, 0.15) is 8.98 Å². The average Bonchev–Trinajstić information content (AvgIpc) is 2.44. The van der Waals surface area contributed by atoms with Gasteiger partial charge in [-0.15, -0.1) is 0 Å². The van der Waals surface area contributed by atoms with E-state index in [1.807, 2.05) is 0 Å². The van der Waals surface area contributed by atoms with Gasteiger partial charge in [-0.1, -0.05) is 44.0 Å². The second kappa shape index (κ2) is 5.51. The summed E-state index contributed by atoms with van der Waals surface area (Å²) in [4.78, 5) is 0. The molecule has 0 spiro atoms. The van der Waals surface area contributed by atoms with Gasteiger partial charge >= 0.3 is 0 Å². The summed E-state index contributed by atoms with van der Waals surface area (Å²) in [6.45, 7) is 0. The Kier molecular flexibility index (Phi) is 3.88. The van der Waals surface area contributed by atoms with Crippen LogP contribution in [0.3, 0.4) is 0 Å². The lowest BCUT2D eigenvalue weighted by Crippen LogP contribution is -2.47. The zero-order valence-electron chi connectivity index (χ0n) is 13.2. The molecule has 120 valence electrons. The van der Waals surface area contributed by atoms with Crippen molar-refractivity contribution in [1.82, 2.24) is 0 Å². The summed E-state index contributed by atoms with van der Waals surface area (Å²) in [7, 11) is 1.72. The third-order valence-corrected chi connectivity index (χ3v) is 7.75. The zero-order chi connectivity index (χ0) is 15.4. The maximum absolute atomic E-state index is 5.29. The second-order valence-electron chi connectivity index (χ2n) is 8.03. The molecule has 0 heterocycles. The molecule has 0 unspecified atom stereocenters. The summed E-state index contributed by atoms with van der Waals surface area (Å²) in [5.74, 6) is 3.96. The first kappa shape index (κ1) is 15.5. The van der Waals surface area contributed by atoms with Gasteiger partial charge in [0.05, 0.1) is 7.11 Å². The molecule has 0 saturated heterocycles. The number of benzene rings is 1. The largest absolute Gasteiger partial charge is 0.497 e. The molecule has 4 saturated carbocycles. The molecule has 1 aromatic rings. The third kappa shape index (κ3) is 2.77. The van der Waals surface area contributed by atoms with Crippen molar-refractivity contribution in [3.63, 3.8) is 0 Å². The van der Waals surface area contributed by atoms with Crippen LogP contribution in [0.2, 0.25) is 0 Å². The maximum Gasteiger partial charge on any atom is 0.118 e. The molecule has 5 rings (SSSR count). The van der Waals surface area contributed by atoms with E-state index in [0.717, 1.165) is 23.5 Å². The first-order chi connectivity index (χ1) is 10.5. The Balaban J connectivity index is 1.56. The zero-order valence-corrected chi connectivity index (χ0v) is 16.3. The summed E-state index contributed by atoms with van der Waals surface area (Å²) in [5, 5.41) is 0. The smallest absolute Gasteiger partial charge is 0.118 e. The first-order valence-electron chi connectivity index (χ1n) is 8.50. The molecule has 0 atom stereocenters. The molecule has 4 fully saturated rings. The lowest BCUT2D eigenvalue weighted by Gasteiger charge is -2.58. The summed E-state index contributed by atoms with van der Waals surface area (Å²) in [5.41, 5.74) is 1.87. The van der Waals surface area contributed by atoms with Crippen LogP contribution < -0.4 is 4.74 Å². The van der Waals surface area contributed by atoms with Crippen LogP contribution in [0.15, 0.2) is 24.3 Å². The molecule has 0 aliphatic heterocycles. The van der Waals surface area contributed by atoms with Gasteiger partial charge in [0.25, 0.3) is 0 Å². The van der Waals surface area contributed by atoms with Crippen molar-refractivity contribution >= 4 is 31.9 Å². The fourth-order valence-corrected chi connectivity index (χ4v) is 7.63. The van der Waals surface area contributed by atoms with Crippen LogP contribution in [-0.2, 0) is 3.23 Å². The highest BCUT2D eigenvalue weighted by Gasteiger charge is 2.53. The highest BCUT2D eigenvalue weighted by atomic mass is 79.9. The molecule has 0 amide bonds. The highest BCUT2D eigenvalue weighted by molar-refractivity contribution is 9.24. The molecule has 3 heteroatoms. The van der Waals surface area contributed by atoms with Gasteiger partial charge in [-0.3, -0.25) is 0 Å². The molecule has 1 aromatic carbocycles. The van der Waals surface area contributed by atoms with Gasteiger partial charge in [-0.2, -0.15) is 0 Å². The van der Waals surface area contributed by atoms with Gasteiger partial charge < -0.3 is 4.74 Å². The maximum atomic E-state index is 5.29. The number of ether oxygens (including phenoxy) is 1. The van der Waals surface area contributed by atoms with Crippen molar-refractivity contribution in [3.05, 3.63) is 29.8 Å². The van der Waals surface area contributed by atoms with E-state index in [0.29, 0.717) is 5.41 Å². The van der Waals surface area contributed by atoms with Gasteiger partial charge in [0, 0.05) is 0 Å². The number of methoxy groups -OCH3 is 1. The van der Waals surface area contributed by atoms with Crippen LogP contribution in [0.1, 0.15) is 50.5 Å². The van der Waals surface area contributed by atoms with Gasteiger partial charge in [0.2, 0.25) is 0 Å². The Morgan fingerprint density at radius 3 is 1.95 bits per heavy atom. The van der Waals surface area contributed by atoms with Crippen LogP contribution in [0.25, 0.3) is 0 Å². The van der Waals surface area contributed by atoms with Crippen LogP contribution >= 0.6 is 31.9 Å². The number of rotatable bonds is 4. The van der Waals surface area contributed by atoms with Crippen molar-refractivity contribution in [2.45, 2.75) is 48.2 Å². The van der Waals surface area contributed by atoms with Gasteiger partial charge in [0.15, 0.2) is 0 Å². The van der Waals surface area contributed by atoms with Crippen molar-refractivity contribution in [2.24, 2.45) is 23.2 Å².